The fourth-order valence-corrected chi connectivity index (χ4v) is 5.47. The average Bonchev–Trinajstić information content (AvgIpc) is 3.13. The number of methoxy groups -OCH3 is 1. The van der Waals surface area contributed by atoms with Crippen molar-refractivity contribution in [1.29, 1.82) is 0 Å². The molecule has 5 aromatic rings. The Balaban J connectivity index is 1.71. The lowest BCUT2D eigenvalue weighted by molar-refractivity contribution is 0.0994. The summed E-state index contributed by atoms with van der Waals surface area (Å²) in [6, 6.07) is 17.2. The van der Waals surface area contributed by atoms with Crippen LogP contribution in [0.4, 0.5) is 0 Å². The van der Waals surface area contributed by atoms with E-state index in [1.54, 1.807) is 19.2 Å². The highest BCUT2D eigenvalue weighted by Gasteiger charge is 2.16. The molecule has 0 atom stereocenters. The summed E-state index contributed by atoms with van der Waals surface area (Å²) >= 11 is 1.42. The summed E-state index contributed by atoms with van der Waals surface area (Å²) in [5.41, 5.74) is 2.93. The van der Waals surface area contributed by atoms with Gasteiger partial charge in [-0.25, -0.2) is 4.79 Å². The van der Waals surface area contributed by atoms with Gasteiger partial charge >= 0.3 is 5.63 Å². The summed E-state index contributed by atoms with van der Waals surface area (Å²) < 4.78 is 13.8. The number of nitrogens with zero attached hydrogens (tertiary/aromatic N) is 2. The zero-order valence-electron chi connectivity index (χ0n) is 18.5. The average molecular weight is 459 g/mol. The van der Waals surface area contributed by atoms with Crippen molar-refractivity contribution < 1.29 is 13.9 Å². The standard InChI is InChI=1S/C26H22N2O4S/c1-15-12-16(2)23-22(13-15)33-26(28(23)10-11-31-3)27-24(29)20-14-19-18-7-5-4-6-17(18)8-9-21(19)32-25(20)30/h4-9,12-14H,10-11H2,1-3H3. The lowest BCUT2D eigenvalue weighted by Crippen LogP contribution is -2.21. The van der Waals surface area contributed by atoms with Gasteiger partial charge in [0.05, 0.1) is 16.8 Å². The topological polar surface area (TPSA) is 73.8 Å². The zero-order valence-corrected chi connectivity index (χ0v) is 19.4. The first-order valence-corrected chi connectivity index (χ1v) is 11.4. The van der Waals surface area contributed by atoms with Gasteiger partial charge in [-0.1, -0.05) is 47.7 Å². The van der Waals surface area contributed by atoms with Gasteiger partial charge in [-0.3, -0.25) is 4.79 Å². The smallest absolute Gasteiger partial charge is 0.349 e. The van der Waals surface area contributed by atoms with Crippen LogP contribution in [0.3, 0.4) is 0 Å². The molecule has 0 N–H and O–H groups in total. The van der Waals surface area contributed by atoms with Crippen LogP contribution in [0, 0.1) is 13.8 Å². The molecule has 33 heavy (non-hydrogen) atoms. The molecule has 5 rings (SSSR count). The molecule has 6 nitrogen and oxygen atoms in total. The molecule has 0 aliphatic carbocycles. The van der Waals surface area contributed by atoms with E-state index < -0.39 is 11.5 Å². The molecule has 3 aromatic carbocycles. The molecule has 0 saturated carbocycles. The third-order valence-corrected chi connectivity index (χ3v) is 6.73. The Morgan fingerprint density at radius 2 is 1.91 bits per heavy atom. The van der Waals surface area contributed by atoms with Crippen LogP contribution in [-0.4, -0.2) is 24.2 Å². The second kappa shape index (κ2) is 8.42. The Bertz CT molecular complexity index is 1670. The van der Waals surface area contributed by atoms with E-state index in [9.17, 15) is 9.59 Å². The van der Waals surface area contributed by atoms with Crippen molar-refractivity contribution in [3.63, 3.8) is 0 Å². The highest BCUT2D eigenvalue weighted by atomic mass is 32.1. The van der Waals surface area contributed by atoms with Crippen LogP contribution in [0.5, 0.6) is 0 Å². The molecular formula is C26H22N2O4S. The molecule has 2 aromatic heterocycles. The van der Waals surface area contributed by atoms with E-state index in [0.29, 0.717) is 28.9 Å². The van der Waals surface area contributed by atoms with Crippen molar-refractivity contribution in [2.45, 2.75) is 20.4 Å². The van der Waals surface area contributed by atoms with E-state index in [-0.39, 0.29) is 5.56 Å². The number of aryl methyl sites for hydroxylation is 2. The molecule has 0 spiro atoms. The first kappa shape index (κ1) is 21.3. The van der Waals surface area contributed by atoms with E-state index in [4.69, 9.17) is 9.15 Å². The van der Waals surface area contributed by atoms with Gasteiger partial charge < -0.3 is 13.7 Å². The number of amides is 1. The molecule has 0 radical (unpaired) electrons. The summed E-state index contributed by atoms with van der Waals surface area (Å²) in [5.74, 6) is -0.620. The van der Waals surface area contributed by atoms with Gasteiger partial charge in [0.1, 0.15) is 11.1 Å². The van der Waals surface area contributed by atoms with E-state index in [1.165, 1.54) is 11.3 Å². The lowest BCUT2D eigenvalue weighted by Gasteiger charge is -2.07. The Kier molecular flexibility index (Phi) is 5.44. The highest BCUT2D eigenvalue weighted by Crippen LogP contribution is 2.26. The second-order valence-corrected chi connectivity index (χ2v) is 9.03. The number of ether oxygens (including phenoxy) is 1. The zero-order chi connectivity index (χ0) is 23.1. The maximum absolute atomic E-state index is 13.2. The molecule has 0 aliphatic rings. The monoisotopic (exact) mass is 458 g/mol. The van der Waals surface area contributed by atoms with Crippen LogP contribution in [0.25, 0.3) is 32.0 Å². The number of carbonyl (C=O) groups excluding carboxylic acids is 1. The van der Waals surface area contributed by atoms with Gasteiger partial charge in [0.2, 0.25) is 0 Å². The quantitative estimate of drug-likeness (QED) is 0.282. The van der Waals surface area contributed by atoms with E-state index in [0.717, 1.165) is 32.1 Å². The van der Waals surface area contributed by atoms with Crippen LogP contribution in [0.1, 0.15) is 21.5 Å². The molecular weight excluding hydrogens is 436 g/mol. The van der Waals surface area contributed by atoms with Gasteiger partial charge in [-0.2, -0.15) is 4.99 Å². The van der Waals surface area contributed by atoms with Crippen LogP contribution in [-0.2, 0) is 11.3 Å². The molecule has 166 valence electrons. The van der Waals surface area contributed by atoms with Crippen LogP contribution >= 0.6 is 11.3 Å². The largest absolute Gasteiger partial charge is 0.422 e. The predicted octanol–water partition coefficient (Wildman–Crippen LogP) is 4.97. The Labute approximate surface area is 193 Å². The number of carbonyl (C=O) groups is 1. The number of hydrogen-bond donors (Lipinski definition) is 0. The predicted molar refractivity (Wildman–Crippen MR) is 131 cm³/mol. The molecule has 2 heterocycles. The highest BCUT2D eigenvalue weighted by molar-refractivity contribution is 7.16. The lowest BCUT2D eigenvalue weighted by atomic mass is 10.0. The maximum atomic E-state index is 13.2. The number of rotatable bonds is 4. The minimum absolute atomic E-state index is 0.0810. The first-order chi connectivity index (χ1) is 16.0. The second-order valence-electron chi connectivity index (χ2n) is 8.02. The normalized spacial score (nSPS) is 12.3. The van der Waals surface area contributed by atoms with Crippen molar-refractivity contribution in [3.05, 3.63) is 86.5 Å². The third kappa shape index (κ3) is 3.79. The molecule has 0 fully saturated rings. The van der Waals surface area contributed by atoms with Crippen molar-refractivity contribution in [1.82, 2.24) is 4.57 Å². The van der Waals surface area contributed by atoms with Crippen molar-refractivity contribution >= 4 is 49.2 Å². The van der Waals surface area contributed by atoms with Gasteiger partial charge in [0.25, 0.3) is 5.91 Å². The van der Waals surface area contributed by atoms with Crippen LogP contribution in [0.15, 0.2) is 68.8 Å². The fourth-order valence-electron chi connectivity index (χ4n) is 4.23. The number of fused-ring (bicyclic) bond motifs is 4. The number of hydrogen-bond acceptors (Lipinski definition) is 5. The van der Waals surface area contributed by atoms with E-state index >= 15 is 0 Å². The maximum Gasteiger partial charge on any atom is 0.349 e. The number of benzene rings is 3. The van der Waals surface area contributed by atoms with Crippen molar-refractivity contribution in [3.8, 4) is 0 Å². The molecule has 7 heteroatoms. The third-order valence-electron chi connectivity index (χ3n) is 5.70. The molecule has 0 unspecified atom stereocenters. The number of aromatic nitrogens is 1. The summed E-state index contributed by atoms with van der Waals surface area (Å²) in [7, 11) is 1.64. The Morgan fingerprint density at radius 3 is 2.73 bits per heavy atom. The minimum Gasteiger partial charge on any atom is -0.422 e. The summed E-state index contributed by atoms with van der Waals surface area (Å²) in [6.07, 6.45) is 0. The summed E-state index contributed by atoms with van der Waals surface area (Å²) in [5, 5.41) is 2.62. The fraction of sp³-hybridized carbons (Fsp3) is 0.192. The first-order valence-electron chi connectivity index (χ1n) is 10.6. The SMILES string of the molecule is COCCn1c(=NC(=O)c2cc3c(ccc4ccccc43)oc2=O)sc2cc(C)cc(C)c21. The molecule has 1 amide bonds. The van der Waals surface area contributed by atoms with Crippen LogP contribution in [0.2, 0.25) is 0 Å². The van der Waals surface area contributed by atoms with Gasteiger partial charge in [-0.15, -0.1) is 0 Å². The van der Waals surface area contributed by atoms with Gasteiger partial charge in [0, 0.05) is 19.0 Å². The van der Waals surface area contributed by atoms with Crippen molar-refractivity contribution in [2.24, 2.45) is 4.99 Å². The molecule has 0 bridgehead atoms. The Morgan fingerprint density at radius 1 is 1.09 bits per heavy atom. The number of thiazole rings is 1. The summed E-state index contributed by atoms with van der Waals surface area (Å²) in [6.45, 7) is 5.10. The molecule has 0 aliphatic heterocycles. The Hall–Kier alpha value is -3.55. The van der Waals surface area contributed by atoms with E-state index in [1.807, 2.05) is 48.7 Å². The van der Waals surface area contributed by atoms with Gasteiger partial charge in [-0.05, 0) is 53.9 Å². The van der Waals surface area contributed by atoms with Crippen LogP contribution < -0.4 is 10.4 Å². The van der Waals surface area contributed by atoms with E-state index in [2.05, 4.69) is 17.1 Å². The molecule has 0 saturated heterocycles. The minimum atomic E-state index is -0.692. The summed E-state index contributed by atoms with van der Waals surface area (Å²) in [4.78, 5) is 30.8. The van der Waals surface area contributed by atoms with Gasteiger partial charge in [0.15, 0.2) is 4.80 Å². The van der Waals surface area contributed by atoms with Crippen molar-refractivity contribution in [2.75, 3.05) is 13.7 Å².